The number of ether oxygens (including phenoxy) is 1. The molecule has 1 unspecified atom stereocenters. The van der Waals surface area contributed by atoms with E-state index in [1.807, 2.05) is 4.90 Å². The van der Waals surface area contributed by atoms with Crippen molar-refractivity contribution in [3.8, 4) is 0 Å². The highest BCUT2D eigenvalue weighted by Gasteiger charge is 2.59. The molecule has 124 valence electrons. The zero-order chi connectivity index (χ0) is 16.0. The van der Waals surface area contributed by atoms with Crippen LogP contribution in [0.4, 0.5) is 5.13 Å². The van der Waals surface area contributed by atoms with Gasteiger partial charge < -0.3 is 15.0 Å². The van der Waals surface area contributed by atoms with E-state index in [2.05, 4.69) is 10.3 Å². The minimum atomic E-state index is -0.167. The Balaban J connectivity index is 1.50. The second-order valence-corrected chi connectivity index (χ2v) is 7.77. The second-order valence-electron chi connectivity index (χ2n) is 6.91. The van der Waals surface area contributed by atoms with Gasteiger partial charge in [-0.25, -0.2) is 4.98 Å². The molecule has 1 N–H and O–H groups in total. The third-order valence-electron chi connectivity index (χ3n) is 5.27. The Morgan fingerprint density at radius 2 is 2.13 bits per heavy atom. The predicted molar refractivity (Wildman–Crippen MR) is 86.5 cm³/mol. The molecule has 1 atom stereocenters. The minimum absolute atomic E-state index is 0.00636. The zero-order valence-electron chi connectivity index (χ0n) is 13.2. The summed E-state index contributed by atoms with van der Waals surface area (Å²) in [6, 6.07) is 0.352. The maximum atomic E-state index is 12.8. The fraction of sp³-hybridized carbons (Fsp3) is 0.688. The van der Waals surface area contributed by atoms with Crippen LogP contribution in [0.15, 0.2) is 5.38 Å². The Bertz CT molecular complexity index is 634. The smallest absolute Gasteiger partial charge is 0.273 e. The number of carbonyl (C=O) groups is 2. The van der Waals surface area contributed by atoms with Crippen molar-refractivity contribution in [3.05, 3.63) is 11.1 Å². The minimum Gasteiger partial charge on any atom is -0.381 e. The molecule has 0 bridgehead atoms. The van der Waals surface area contributed by atoms with Gasteiger partial charge in [0.2, 0.25) is 5.91 Å². The lowest BCUT2D eigenvalue weighted by molar-refractivity contribution is -0.120. The van der Waals surface area contributed by atoms with Gasteiger partial charge in [-0.3, -0.25) is 9.59 Å². The number of likely N-dealkylation sites (tertiary alicyclic amines) is 1. The van der Waals surface area contributed by atoms with Gasteiger partial charge >= 0.3 is 0 Å². The maximum absolute atomic E-state index is 12.8. The molecule has 2 amide bonds. The topological polar surface area (TPSA) is 71.5 Å². The summed E-state index contributed by atoms with van der Waals surface area (Å²) in [7, 11) is 0. The van der Waals surface area contributed by atoms with Crippen LogP contribution in [0.1, 0.15) is 43.1 Å². The molecular weight excluding hydrogens is 314 g/mol. The summed E-state index contributed by atoms with van der Waals surface area (Å²) in [5, 5.41) is 4.87. The van der Waals surface area contributed by atoms with Gasteiger partial charge in [-0.05, 0) is 31.6 Å². The molecule has 0 radical (unpaired) electrons. The van der Waals surface area contributed by atoms with Crippen LogP contribution < -0.4 is 5.32 Å². The summed E-state index contributed by atoms with van der Waals surface area (Å²) in [6.45, 7) is 3.89. The van der Waals surface area contributed by atoms with Crippen LogP contribution in [0.5, 0.6) is 0 Å². The van der Waals surface area contributed by atoms with Gasteiger partial charge in [0.15, 0.2) is 5.13 Å². The van der Waals surface area contributed by atoms with E-state index in [1.54, 1.807) is 5.38 Å². The first-order valence-electron chi connectivity index (χ1n) is 8.21. The van der Waals surface area contributed by atoms with E-state index in [0.717, 1.165) is 32.6 Å². The molecule has 4 rings (SSSR count). The Morgan fingerprint density at radius 3 is 2.78 bits per heavy atom. The number of thiazole rings is 1. The lowest BCUT2D eigenvalue weighted by Crippen LogP contribution is -2.68. The molecule has 0 aromatic carbocycles. The molecule has 23 heavy (non-hydrogen) atoms. The Labute approximate surface area is 139 Å². The number of nitrogens with one attached hydrogen (secondary N) is 1. The van der Waals surface area contributed by atoms with Crippen molar-refractivity contribution in [1.82, 2.24) is 9.88 Å². The largest absolute Gasteiger partial charge is 0.381 e. The van der Waals surface area contributed by atoms with E-state index in [9.17, 15) is 9.59 Å². The quantitative estimate of drug-likeness (QED) is 0.918. The van der Waals surface area contributed by atoms with Crippen molar-refractivity contribution < 1.29 is 14.3 Å². The Hall–Kier alpha value is -1.47. The van der Waals surface area contributed by atoms with E-state index in [4.69, 9.17) is 4.74 Å². The fourth-order valence-corrected chi connectivity index (χ4v) is 4.80. The molecule has 1 aliphatic carbocycles. The van der Waals surface area contributed by atoms with Crippen LogP contribution in [0.2, 0.25) is 0 Å². The van der Waals surface area contributed by atoms with Crippen molar-refractivity contribution >= 4 is 28.3 Å². The highest BCUT2D eigenvalue weighted by molar-refractivity contribution is 7.14. The van der Waals surface area contributed by atoms with Crippen LogP contribution in [-0.4, -0.2) is 47.5 Å². The Morgan fingerprint density at radius 1 is 1.39 bits per heavy atom. The van der Waals surface area contributed by atoms with Crippen LogP contribution in [0, 0.1) is 11.3 Å². The van der Waals surface area contributed by atoms with Gasteiger partial charge in [0, 0.05) is 43.5 Å². The van der Waals surface area contributed by atoms with E-state index in [1.165, 1.54) is 31.1 Å². The summed E-state index contributed by atoms with van der Waals surface area (Å²) in [4.78, 5) is 30.2. The Kier molecular flexibility index (Phi) is 3.65. The van der Waals surface area contributed by atoms with Crippen LogP contribution >= 0.6 is 11.3 Å². The van der Waals surface area contributed by atoms with Crippen LogP contribution in [0.25, 0.3) is 0 Å². The first-order valence-corrected chi connectivity index (χ1v) is 9.09. The highest BCUT2D eigenvalue weighted by atomic mass is 32.1. The van der Waals surface area contributed by atoms with Crippen molar-refractivity contribution in [2.75, 3.05) is 25.1 Å². The molecule has 2 saturated heterocycles. The average Bonchev–Trinajstić information content (AvgIpc) is 3.22. The maximum Gasteiger partial charge on any atom is 0.273 e. The molecular formula is C16H21N3O3S. The molecule has 1 saturated carbocycles. The summed E-state index contributed by atoms with van der Waals surface area (Å²) in [5.74, 6) is 0.491. The molecule has 7 heteroatoms. The number of aromatic nitrogens is 1. The molecule has 3 aliphatic rings. The molecule has 1 aromatic rings. The van der Waals surface area contributed by atoms with Gasteiger partial charge in [0.1, 0.15) is 5.69 Å². The van der Waals surface area contributed by atoms with Crippen molar-refractivity contribution in [2.24, 2.45) is 11.3 Å². The number of amides is 2. The van der Waals surface area contributed by atoms with Crippen molar-refractivity contribution in [2.45, 2.75) is 38.6 Å². The van der Waals surface area contributed by atoms with Crippen LogP contribution in [-0.2, 0) is 9.53 Å². The number of hydrogen-bond acceptors (Lipinski definition) is 5. The SMILES string of the molecule is CC(=O)Nc1nc(C(=O)N2CC3(CCOCC3)C2C2CC2)cs1. The first kappa shape index (κ1) is 15.1. The zero-order valence-corrected chi connectivity index (χ0v) is 14.0. The average molecular weight is 335 g/mol. The molecule has 6 nitrogen and oxygen atoms in total. The number of anilines is 1. The number of nitrogens with zero attached hydrogens (tertiary/aromatic N) is 2. The summed E-state index contributed by atoms with van der Waals surface area (Å²) >= 11 is 1.30. The predicted octanol–water partition coefficient (Wildman–Crippen LogP) is 2.13. The van der Waals surface area contributed by atoms with Gasteiger partial charge in [-0.1, -0.05) is 0 Å². The van der Waals surface area contributed by atoms with Crippen molar-refractivity contribution in [3.63, 3.8) is 0 Å². The monoisotopic (exact) mass is 335 g/mol. The van der Waals surface area contributed by atoms with Gasteiger partial charge in [0.05, 0.1) is 0 Å². The second kappa shape index (κ2) is 5.56. The van der Waals surface area contributed by atoms with E-state index in [-0.39, 0.29) is 17.2 Å². The molecule has 1 aromatic heterocycles. The molecule has 1 spiro atoms. The van der Waals surface area contributed by atoms with E-state index in [0.29, 0.717) is 22.8 Å². The van der Waals surface area contributed by atoms with E-state index >= 15 is 0 Å². The van der Waals surface area contributed by atoms with Gasteiger partial charge in [0.25, 0.3) is 5.91 Å². The lowest BCUT2D eigenvalue weighted by Gasteiger charge is -2.59. The van der Waals surface area contributed by atoms with Gasteiger partial charge in [-0.2, -0.15) is 0 Å². The standard InChI is InChI=1S/C16H21N3O3S/c1-10(20)17-15-18-12(8-23-15)14(21)19-9-16(4-6-22-7-5-16)13(19)11-2-3-11/h8,11,13H,2-7,9H2,1H3,(H,17,18,20). The normalized spacial score (nSPS) is 26.0. The van der Waals surface area contributed by atoms with E-state index < -0.39 is 0 Å². The highest BCUT2D eigenvalue weighted by Crippen LogP contribution is 2.55. The first-order chi connectivity index (χ1) is 11.1. The summed E-state index contributed by atoms with van der Waals surface area (Å²) < 4.78 is 5.52. The third kappa shape index (κ3) is 2.65. The number of carbonyl (C=O) groups excluding carboxylic acids is 2. The number of rotatable bonds is 3. The molecule has 3 fully saturated rings. The third-order valence-corrected chi connectivity index (χ3v) is 6.03. The lowest BCUT2D eigenvalue weighted by atomic mass is 9.64. The fourth-order valence-electron chi connectivity index (χ4n) is 4.07. The summed E-state index contributed by atoms with van der Waals surface area (Å²) in [6.07, 6.45) is 4.58. The number of hydrogen-bond donors (Lipinski definition) is 1. The van der Waals surface area contributed by atoms with Crippen molar-refractivity contribution in [1.29, 1.82) is 0 Å². The summed E-state index contributed by atoms with van der Waals surface area (Å²) in [5.41, 5.74) is 0.720. The van der Waals surface area contributed by atoms with Gasteiger partial charge in [-0.15, -0.1) is 11.3 Å². The molecule has 2 aliphatic heterocycles. The van der Waals surface area contributed by atoms with Crippen LogP contribution in [0.3, 0.4) is 0 Å². The molecule has 3 heterocycles.